The van der Waals surface area contributed by atoms with Crippen LogP contribution in [0.15, 0.2) is 30.3 Å². The minimum atomic E-state index is -0.341. The lowest BCUT2D eigenvalue weighted by molar-refractivity contribution is -0.148. The largest absolute Gasteiger partial charge is 0.488 e. The summed E-state index contributed by atoms with van der Waals surface area (Å²) in [5, 5.41) is 0. The van der Waals surface area contributed by atoms with Gasteiger partial charge in [0.05, 0.1) is 9.84 Å². The molecule has 5 rings (SSSR count). The summed E-state index contributed by atoms with van der Waals surface area (Å²) in [6.45, 7) is 0.585. The highest BCUT2D eigenvalue weighted by atomic mass is 127. The van der Waals surface area contributed by atoms with Gasteiger partial charge in [-0.25, -0.2) is 0 Å². The van der Waals surface area contributed by atoms with Crippen LogP contribution in [0.1, 0.15) is 63.9 Å². The molecule has 3 aliphatic rings. The van der Waals surface area contributed by atoms with Crippen molar-refractivity contribution in [2.45, 2.75) is 55.1 Å². The van der Waals surface area contributed by atoms with E-state index in [0.29, 0.717) is 37.4 Å². The number of carbonyl (C=O) groups is 3. The van der Waals surface area contributed by atoms with Crippen LogP contribution in [0.25, 0.3) is 11.1 Å². The number of ether oxygens (including phenoxy) is 3. The maximum Gasteiger partial charge on any atom is 0.309 e. The second-order valence-electron chi connectivity index (χ2n) is 10.4. The van der Waals surface area contributed by atoms with Gasteiger partial charge in [-0.1, -0.05) is 34.7 Å². The smallest absolute Gasteiger partial charge is 0.309 e. The SMILES string of the molecule is COC[C@@H]1CC(N)CC[C@H](C(=O)OCC(=O)c2ccc3c(c2)COc2cc4c(cc2-3)CCC(I)C4=O)C1. The molecule has 2 aromatic carbocycles. The van der Waals surface area contributed by atoms with Crippen LogP contribution < -0.4 is 10.5 Å². The number of ketones is 2. The first-order chi connectivity index (χ1) is 17.8. The molecule has 0 aromatic heterocycles. The number of Topliss-reactive ketones (excluding diaryl/α,β-unsaturated/α-hetero) is 2. The molecule has 2 aromatic rings. The van der Waals surface area contributed by atoms with E-state index < -0.39 is 0 Å². The third-order valence-corrected chi connectivity index (χ3v) is 8.93. The molecule has 1 aliphatic heterocycles. The van der Waals surface area contributed by atoms with Gasteiger partial charge in [0, 0.05) is 36.4 Å². The number of nitrogens with two attached hydrogens (primary N) is 1. The van der Waals surface area contributed by atoms with Crippen molar-refractivity contribution in [1.29, 1.82) is 0 Å². The maximum absolute atomic E-state index is 12.9. The monoisotopic (exact) mass is 617 g/mol. The summed E-state index contributed by atoms with van der Waals surface area (Å²) in [7, 11) is 1.65. The molecule has 0 radical (unpaired) electrons. The Balaban J connectivity index is 1.26. The third kappa shape index (κ3) is 5.61. The predicted octanol–water partition coefficient (Wildman–Crippen LogP) is 4.68. The van der Waals surface area contributed by atoms with Crippen LogP contribution in [-0.4, -0.2) is 47.8 Å². The number of halogens is 1. The van der Waals surface area contributed by atoms with E-state index in [1.54, 1.807) is 13.2 Å². The number of hydrogen-bond acceptors (Lipinski definition) is 7. The van der Waals surface area contributed by atoms with E-state index in [0.717, 1.165) is 53.5 Å². The van der Waals surface area contributed by atoms with E-state index in [9.17, 15) is 14.4 Å². The van der Waals surface area contributed by atoms with Gasteiger partial charge in [-0.05, 0) is 79.3 Å². The zero-order valence-corrected chi connectivity index (χ0v) is 23.1. The van der Waals surface area contributed by atoms with Gasteiger partial charge in [0.1, 0.15) is 12.4 Å². The average molecular weight is 617 g/mol. The normalized spacial score (nSPS) is 24.7. The number of fused-ring (bicyclic) bond motifs is 4. The van der Waals surface area contributed by atoms with E-state index in [1.165, 1.54) is 0 Å². The number of hydrogen-bond donors (Lipinski definition) is 1. The molecular weight excluding hydrogens is 585 g/mol. The molecule has 4 atom stereocenters. The van der Waals surface area contributed by atoms with Gasteiger partial charge >= 0.3 is 5.97 Å². The molecule has 1 fully saturated rings. The number of aryl methyl sites for hydroxylation is 1. The second kappa shape index (κ2) is 11.2. The van der Waals surface area contributed by atoms with Gasteiger partial charge in [-0.3, -0.25) is 14.4 Å². The second-order valence-corrected chi connectivity index (χ2v) is 11.9. The Labute approximate surface area is 230 Å². The highest BCUT2D eigenvalue weighted by Crippen LogP contribution is 2.42. The lowest BCUT2D eigenvalue weighted by Gasteiger charge is -2.26. The van der Waals surface area contributed by atoms with E-state index >= 15 is 0 Å². The molecule has 0 spiro atoms. The first kappa shape index (κ1) is 26.3. The summed E-state index contributed by atoms with van der Waals surface area (Å²) < 4.78 is 16.7. The first-order valence-electron chi connectivity index (χ1n) is 12.9. The highest BCUT2D eigenvalue weighted by molar-refractivity contribution is 14.1. The zero-order chi connectivity index (χ0) is 26.1. The van der Waals surface area contributed by atoms with Crippen molar-refractivity contribution >= 4 is 40.1 Å². The number of esters is 1. The van der Waals surface area contributed by atoms with Crippen molar-refractivity contribution in [2.24, 2.45) is 17.6 Å². The molecule has 196 valence electrons. The van der Waals surface area contributed by atoms with Gasteiger partial charge in [0.15, 0.2) is 18.2 Å². The molecular formula is C29H32INO6. The molecule has 2 unspecified atom stereocenters. The van der Waals surface area contributed by atoms with E-state index in [1.807, 2.05) is 18.2 Å². The van der Waals surface area contributed by atoms with Crippen molar-refractivity contribution in [3.63, 3.8) is 0 Å². The van der Waals surface area contributed by atoms with Crippen LogP contribution in [0.5, 0.6) is 5.75 Å². The molecule has 2 N–H and O–H groups in total. The Morgan fingerprint density at radius 1 is 1.05 bits per heavy atom. The number of benzene rings is 2. The van der Waals surface area contributed by atoms with Crippen LogP contribution in [-0.2, 0) is 27.3 Å². The van der Waals surface area contributed by atoms with Crippen molar-refractivity contribution in [1.82, 2.24) is 0 Å². The molecule has 0 saturated heterocycles. The zero-order valence-electron chi connectivity index (χ0n) is 21.0. The van der Waals surface area contributed by atoms with Crippen molar-refractivity contribution in [3.8, 4) is 16.9 Å². The quantitative estimate of drug-likeness (QED) is 0.165. The lowest BCUT2D eigenvalue weighted by Crippen LogP contribution is -2.24. The fraction of sp³-hybridized carbons (Fsp3) is 0.483. The predicted molar refractivity (Wildman–Crippen MR) is 147 cm³/mol. The number of rotatable bonds is 6. The Morgan fingerprint density at radius 2 is 1.89 bits per heavy atom. The average Bonchev–Trinajstić information content (AvgIpc) is 3.09. The van der Waals surface area contributed by atoms with E-state index in [4.69, 9.17) is 19.9 Å². The Bertz CT molecular complexity index is 1230. The van der Waals surface area contributed by atoms with E-state index in [-0.39, 0.29) is 45.9 Å². The fourth-order valence-corrected chi connectivity index (χ4v) is 6.43. The Morgan fingerprint density at radius 3 is 2.70 bits per heavy atom. The molecule has 0 bridgehead atoms. The molecule has 7 nitrogen and oxygen atoms in total. The van der Waals surface area contributed by atoms with Gasteiger partial charge in [-0.15, -0.1) is 0 Å². The highest BCUT2D eigenvalue weighted by Gasteiger charge is 2.31. The molecule has 1 heterocycles. The minimum Gasteiger partial charge on any atom is -0.488 e. The molecule has 0 amide bonds. The summed E-state index contributed by atoms with van der Waals surface area (Å²) in [6, 6.07) is 9.50. The molecule has 1 saturated carbocycles. The third-order valence-electron chi connectivity index (χ3n) is 7.74. The summed E-state index contributed by atoms with van der Waals surface area (Å²) in [6.07, 6.45) is 4.62. The van der Waals surface area contributed by atoms with Gasteiger partial charge in [0.2, 0.25) is 0 Å². The van der Waals surface area contributed by atoms with Crippen LogP contribution in [0.3, 0.4) is 0 Å². The van der Waals surface area contributed by atoms with Crippen molar-refractivity contribution in [2.75, 3.05) is 20.3 Å². The van der Waals surface area contributed by atoms with Crippen LogP contribution in [0, 0.1) is 11.8 Å². The lowest BCUT2D eigenvalue weighted by atomic mass is 9.85. The van der Waals surface area contributed by atoms with Gasteiger partial charge in [-0.2, -0.15) is 0 Å². The summed E-state index contributed by atoms with van der Waals surface area (Å²) in [5.74, 6) is 0.223. The molecule has 8 heteroatoms. The molecule has 2 aliphatic carbocycles. The Kier molecular flexibility index (Phi) is 7.97. The van der Waals surface area contributed by atoms with Gasteiger partial charge in [0.25, 0.3) is 0 Å². The van der Waals surface area contributed by atoms with E-state index in [2.05, 4.69) is 28.7 Å². The number of methoxy groups -OCH3 is 1. The first-order valence-corrected chi connectivity index (χ1v) is 14.1. The van der Waals surface area contributed by atoms with Crippen molar-refractivity contribution in [3.05, 3.63) is 52.6 Å². The summed E-state index contributed by atoms with van der Waals surface area (Å²) in [4.78, 5) is 38.3. The number of carbonyl (C=O) groups excluding carboxylic acids is 3. The van der Waals surface area contributed by atoms with Crippen LogP contribution in [0.4, 0.5) is 0 Å². The standard InChI is InChI=1S/C29H32INO6/c1-35-13-16-8-19(2-5-21(31)9-16)29(34)37-15-26(32)18-3-6-22-20(10-18)14-36-27-12-23-17(11-24(22)27)4-7-25(30)28(23)33/h3,6,10-12,16,19,21,25H,2,4-5,7-9,13-15,31H2,1H3/t16-,19-,21?,25?/m0/s1. The summed E-state index contributed by atoms with van der Waals surface area (Å²) in [5.41, 5.74) is 11.3. The minimum absolute atomic E-state index is 0.00798. The topological polar surface area (TPSA) is 105 Å². The number of alkyl halides is 1. The van der Waals surface area contributed by atoms with Crippen LogP contribution >= 0.6 is 22.6 Å². The summed E-state index contributed by atoms with van der Waals surface area (Å²) >= 11 is 2.21. The van der Waals surface area contributed by atoms with Gasteiger partial charge < -0.3 is 19.9 Å². The van der Waals surface area contributed by atoms with Crippen LogP contribution in [0.2, 0.25) is 0 Å². The fourth-order valence-electron chi connectivity index (χ4n) is 5.78. The Hall–Kier alpha value is -2.30. The molecule has 37 heavy (non-hydrogen) atoms. The van der Waals surface area contributed by atoms with Crippen molar-refractivity contribution < 1.29 is 28.6 Å². The maximum atomic E-state index is 12.9.